The molecule has 3 fully saturated rings. The summed E-state index contributed by atoms with van der Waals surface area (Å²) in [5.74, 6) is 1.99. The van der Waals surface area contributed by atoms with Gasteiger partial charge in [-0.1, -0.05) is 19.9 Å². The molecular weight excluding hydrogens is 373 g/mol. The summed E-state index contributed by atoms with van der Waals surface area (Å²) in [7, 11) is -3.22. The molecule has 0 unspecified atom stereocenters. The van der Waals surface area contributed by atoms with Crippen molar-refractivity contribution in [2.75, 3.05) is 13.2 Å². The van der Waals surface area contributed by atoms with Crippen LogP contribution >= 0.6 is 7.60 Å². The monoisotopic (exact) mass is 409 g/mol. The fourth-order valence-electron chi connectivity index (χ4n) is 7.19. The maximum absolute atomic E-state index is 13.6. The van der Waals surface area contributed by atoms with Crippen molar-refractivity contribution < 1.29 is 18.4 Å². The van der Waals surface area contributed by atoms with Crippen LogP contribution in [0.3, 0.4) is 0 Å². The predicted octanol–water partition coefficient (Wildman–Crippen LogP) is 5.27. The Morgan fingerprint density at radius 2 is 1.82 bits per heavy atom. The number of carbonyl (C=O) groups excluding carboxylic acids is 1. The summed E-state index contributed by atoms with van der Waals surface area (Å²) in [6.45, 7) is 9.29. The standard InChI is InChI=1S/C22H36NO4P/c1-5-26-28(25,27-6-2)19-10-8-16-15-7-9-18-21(3,14-12-20(24)23-18)17(15)11-13-22(16,19)4/h10,15-18H,5-9,11-14H2,1-4H3,(H,23,24)/t15-,16-,17-,18+,21+,22-/m0/s1. The number of fused-ring (bicyclic) bond motifs is 5. The van der Waals surface area contributed by atoms with Crippen LogP contribution in [0, 0.1) is 28.6 Å². The molecule has 1 N–H and O–H groups in total. The Morgan fingerprint density at radius 1 is 1.11 bits per heavy atom. The van der Waals surface area contributed by atoms with E-state index >= 15 is 0 Å². The van der Waals surface area contributed by atoms with Gasteiger partial charge < -0.3 is 14.4 Å². The van der Waals surface area contributed by atoms with Crippen molar-refractivity contribution in [2.45, 2.75) is 78.7 Å². The molecule has 0 radical (unpaired) electrons. The minimum atomic E-state index is -3.22. The average molecular weight is 410 g/mol. The Kier molecular flexibility index (Phi) is 5.34. The first-order chi connectivity index (χ1) is 13.3. The molecule has 3 aliphatic carbocycles. The topological polar surface area (TPSA) is 64.6 Å². The van der Waals surface area contributed by atoms with E-state index < -0.39 is 7.60 Å². The largest absolute Gasteiger partial charge is 0.357 e. The van der Waals surface area contributed by atoms with E-state index in [1.54, 1.807) is 0 Å². The molecule has 2 saturated carbocycles. The van der Waals surface area contributed by atoms with E-state index in [-0.39, 0.29) is 16.7 Å². The molecule has 1 heterocycles. The van der Waals surface area contributed by atoms with Crippen molar-refractivity contribution in [2.24, 2.45) is 28.6 Å². The highest BCUT2D eigenvalue weighted by Gasteiger charge is 2.61. The van der Waals surface area contributed by atoms with Crippen molar-refractivity contribution in [1.29, 1.82) is 0 Å². The number of rotatable bonds is 5. The second-order valence-corrected chi connectivity index (χ2v) is 11.7. The summed E-state index contributed by atoms with van der Waals surface area (Å²) >= 11 is 0. The number of nitrogens with one attached hydrogen (secondary N) is 1. The number of amides is 1. The lowest BCUT2D eigenvalue weighted by Gasteiger charge is -2.60. The number of allylic oxidation sites excluding steroid dienone is 2. The fraction of sp³-hybridized carbons (Fsp3) is 0.864. The van der Waals surface area contributed by atoms with Crippen LogP contribution < -0.4 is 5.32 Å². The molecule has 4 rings (SSSR count). The highest BCUT2D eigenvalue weighted by molar-refractivity contribution is 7.58. The fourth-order valence-corrected chi connectivity index (χ4v) is 9.45. The minimum Gasteiger partial charge on any atom is -0.353 e. The second kappa shape index (κ2) is 7.25. The molecule has 1 saturated heterocycles. The zero-order valence-electron chi connectivity index (χ0n) is 17.8. The molecule has 0 bridgehead atoms. The van der Waals surface area contributed by atoms with E-state index in [1.165, 1.54) is 0 Å². The molecule has 0 aromatic rings. The third-order valence-corrected chi connectivity index (χ3v) is 11.0. The van der Waals surface area contributed by atoms with E-state index in [9.17, 15) is 9.36 Å². The molecule has 4 aliphatic rings. The molecule has 158 valence electrons. The van der Waals surface area contributed by atoms with Crippen LogP contribution in [0.25, 0.3) is 0 Å². The van der Waals surface area contributed by atoms with Crippen molar-refractivity contribution in [3.05, 3.63) is 11.4 Å². The lowest BCUT2D eigenvalue weighted by Crippen LogP contribution is -2.60. The first kappa shape index (κ1) is 20.6. The summed E-state index contributed by atoms with van der Waals surface area (Å²) in [4.78, 5) is 12.0. The van der Waals surface area contributed by atoms with Crippen LogP contribution in [-0.2, 0) is 18.4 Å². The third-order valence-electron chi connectivity index (χ3n) is 8.53. The van der Waals surface area contributed by atoms with Gasteiger partial charge in [0.25, 0.3) is 0 Å². The molecular formula is C22H36NO4P. The van der Waals surface area contributed by atoms with E-state index in [0.717, 1.165) is 43.8 Å². The van der Waals surface area contributed by atoms with Gasteiger partial charge in [-0.2, -0.15) is 0 Å². The molecule has 1 aliphatic heterocycles. The molecule has 0 aromatic carbocycles. The van der Waals surface area contributed by atoms with Gasteiger partial charge in [0, 0.05) is 23.2 Å². The maximum Gasteiger partial charge on any atom is 0.357 e. The SMILES string of the molecule is CCOP(=O)(OCC)C1=CC[C@H]2[C@@H]3CC[C@H]4NC(=O)CC[C@]4(C)[C@H]3CC[C@]12C. The predicted molar refractivity (Wildman–Crippen MR) is 110 cm³/mol. The Hall–Kier alpha value is -0.640. The van der Waals surface area contributed by atoms with Gasteiger partial charge in [-0.3, -0.25) is 9.36 Å². The Morgan fingerprint density at radius 3 is 2.50 bits per heavy atom. The van der Waals surface area contributed by atoms with Gasteiger partial charge in [0.15, 0.2) is 0 Å². The van der Waals surface area contributed by atoms with Gasteiger partial charge in [-0.25, -0.2) is 0 Å². The van der Waals surface area contributed by atoms with Crippen molar-refractivity contribution in [3.63, 3.8) is 0 Å². The summed E-state index contributed by atoms with van der Waals surface area (Å²) in [6.07, 6.45) is 9.22. The number of hydrogen-bond donors (Lipinski definition) is 1. The zero-order valence-corrected chi connectivity index (χ0v) is 18.7. The van der Waals surface area contributed by atoms with E-state index in [4.69, 9.17) is 9.05 Å². The summed E-state index contributed by atoms with van der Waals surface area (Å²) in [5.41, 5.74) is 0.104. The van der Waals surface area contributed by atoms with Crippen LogP contribution in [0.2, 0.25) is 0 Å². The van der Waals surface area contributed by atoms with Crippen LogP contribution in [0.5, 0.6) is 0 Å². The van der Waals surface area contributed by atoms with Crippen molar-refractivity contribution in [3.8, 4) is 0 Å². The molecule has 6 heteroatoms. The van der Waals surface area contributed by atoms with Crippen LogP contribution in [0.1, 0.15) is 72.6 Å². The second-order valence-electron chi connectivity index (χ2n) is 9.69. The van der Waals surface area contributed by atoms with Gasteiger partial charge in [-0.05, 0) is 75.5 Å². The van der Waals surface area contributed by atoms with E-state index in [0.29, 0.717) is 43.4 Å². The van der Waals surface area contributed by atoms with Crippen molar-refractivity contribution in [1.82, 2.24) is 5.32 Å². The molecule has 5 nitrogen and oxygen atoms in total. The molecule has 1 amide bonds. The highest BCUT2D eigenvalue weighted by atomic mass is 31.2. The quantitative estimate of drug-likeness (QED) is 0.629. The minimum absolute atomic E-state index is 0.0951. The zero-order chi connectivity index (χ0) is 20.2. The highest BCUT2D eigenvalue weighted by Crippen LogP contribution is 2.72. The van der Waals surface area contributed by atoms with Gasteiger partial charge in [-0.15, -0.1) is 0 Å². The first-order valence-electron chi connectivity index (χ1n) is 11.2. The number of carbonyl (C=O) groups is 1. The summed E-state index contributed by atoms with van der Waals surface area (Å²) in [5, 5.41) is 4.23. The third kappa shape index (κ3) is 2.96. The Balaban J connectivity index is 1.61. The van der Waals surface area contributed by atoms with Crippen LogP contribution in [-0.4, -0.2) is 25.2 Å². The smallest absolute Gasteiger partial charge is 0.353 e. The Bertz CT molecular complexity index is 711. The molecule has 6 atom stereocenters. The Labute approximate surface area is 169 Å². The lowest BCUT2D eigenvalue weighted by atomic mass is 9.47. The summed E-state index contributed by atoms with van der Waals surface area (Å²) < 4.78 is 25.1. The summed E-state index contributed by atoms with van der Waals surface area (Å²) in [6, 6.07) is 0.325. The molecule has 0 spiro atoms. The number of piperidine rings is 1. The van der Waals surface area contributed by atoms with E-state index in [1.807, 2.05) is 13.8 Å². The van der Waals surface area contributed by atoms with Gasteiger partial charge in [0.2, 0.25) is 5.91 Å². The average Bonchev–Trinajstić information content (AvgIpc) is 3.01. The first-order valence-corrected chi connectivity index (χ1v) is 12.7. The maximum atomic E-state index is 13.6. The molecule has 0 aromatic heterocycles. The van der Waals surface area contributed by atoms with Gasteiger partial charge in [0.05, 0.1) is 13.2 Å². The van der Waals surface area contributed by atoms with Gasteiger partial charge >= 0.3 is 7.60 Å². The van der Waals surface area contributed by atoms with Gasteiger partial charge in [0.1, 0.15) is 0 Å². The van der Waals surface area contributed by atoms with Crippen LogP contribution in [0.15, 0.2) is 11.4 Å². The van der Waals surface area contributed by atoms with Crippen LogP contribution in [0.4, 0.5) is 0 Å². The lowest BCUT2D eigenvalue weighted by molar-refractivity contribution is -0.135. The van der Waals surface area contributed by atoms with Crippen molar-refractivity contribution >= 4 is 13.5 Å². The molecule has 28 heavy (non-hydrogen) atoms. The normalized spacial score (nSPS) is 42.9. The number of hydrogen-bond acceptors (Lipinski definition) is 4. The van der Waals surface area contributed by atoms with E-state index in [2.05, 4.69) is 25.2 Å².